The van der Waals surface area contributed by atoms with Crippen LogP contribution < -0.4 is 15.8 Å². The lowest BCUT2D eigenvalue weighted by Gasteiger charge is -2.17. The van der Waals surface area contributed by atoms with E-state index < -0.39 is 13.4 Å². The van der Waals surface area contributed by atoms with E-state index in [9.17, 15) is 13.8 Å². The number of halogens is 1. The molecule has 3 aromatic heterocycles. The van der Waals surface area contributed by atoms with Gasteiger partial charge in [-0.05, 0) is 61.5 Å². The maximum absolute atomic E-state index is 14.9. The van der Waals surface area contributed by atoms with Crippen molar-refractivity contribution >= 4 is 35.2 Å². The molecular formula is C32H30FN6O4P. The maximum Gasteiger partial charge on any atom is 0.376 e. The molecule has 44 heavy (non-hydrogen) atoms. The van der Waals surface area contributed by atoms with Gasteiger partial charge in [0.25, 0.3) is 5.56 Å². The highest BCUT2D eigenvalue weighted by molar-refractivity contribution is 7.53. The number of nitrogens with zero attached hydrogens (tertiary/aromatic N) is 5. The third-order valence-corrected chi connectivity index (χ3v) is 8.61. The minimum absolute atomic E-state index is 0.00990. The first-order valence-corrected chi connectivity index (χ1v) is 15.9. The van der Waals surface area contributed by atoms with Crippen LogP contribution in [0.15, 0.2) is 77.9 Å². The SMILES string of the molecule is CCOP(C)(=O)Oc1cc(F)cc(-c2nn(Cc3cc4cccc(C)c4c(=O)n3-c3ccccc3C)c3ncnc(N)c23)c1. The summed E-state index contributed by atoms with van der Waals surface area (Å²) in [5.41, 5.74) is 10.4. The van der Waals surface area contributed by atoms with E-state index in [1.807, 2.05) is 62.4 Å². The quantitative estimate of drug-likeness (QED) is 0.195. The lowest BCUT2D eigenvalue weighted by molar-refractivity contribution is 0.284. The van der Waals surface area contributed by atoms with Crippen LogP contribution in [0.5, 0.6) is 5.75 Å². The van der Waals surface area contributed by atoms with E-state index in [1.54, 1.807) is 16.2 Å². The highest BCUT2D eigenvalue weighted by atomic mass is 31.2. The first kappa shape index (κ1) is 29.2. The molecule has 0 saturated carbocycles. The van der Waals surface area contributed by atoms with E-state index in [4.69, 9.17) is 19.9 Å². The zero-order chi connectivity index (χ0) is 31.2. The molecule has 0 radical (unpaired) electrons. The number of rotatable bonds is 8. The van der Waals surface area contributed by atoms with Gasteiger partial charge in [-0.25, -0.2) is 23.6 Å². The Kier molecular flexibility index (Phi) is 7.53. The number of fused-ring (bicyclic) bond motifs is 2. The number of aromatic nitrogens is 5. The molecule has 2 N–H and O–H groups in total. The van der Waals surface area contributed by atoms with E-state index in [2.05, 4.69) is 9.97 Å². The molecule has 3 heterocycles. The Labute approximate surface area is 252 Å². The average Bonchev–Trinajstić information content (AvgIpc) is 3.33. The van der Waals surface area contributed by atoms with Gasteiger partial charge in [-0.15, -0.1) is 0 Å². The summed E-state index contributed by atoms with van der Waals surface area (Å²) in [4.78, 5) is 22.7. The van der Waals surface area contributed by atoms with Crippen LogP contribution in [0.25, 0.3) is 38.8 Å². The number of aryl methyl sites for hydroxylation is 2. The van der Waals surface area contributed by atoms with Crippen LogP contribution in [0.3, 0.4) is 0 Å². The van der Waals surface area contributed by atoms with Crippen molar-refractivity contribution in [1.82, 2.24) is 24.3 Å². The zero-order valence-corrected chi connectivity index (χ0v) is 25.5. The number of pyridine rings is 1. The topological polar surface area (TPSA) is 127 Å². The second kappa shape index (κ2) is 11.3. The number of hydrogen-bond donors (Lipinski definition) is 1. The summed E-state index contributed by atoms with van der Waals surface area (Å²) in [5.74, 6) is -0.481. The third-order valence-electron chi connectivity index (χ3n) is 7.34. The molecule has 3 aromatic carbocycles. The zero-order valence-electron chi connectivity index (χ0n) is 24.6. The Balaban J connectivity index is 1.55. The average molecular weight is 613 g/mol. The summed E-state index contributed by atoms with van der Waals surface area (Å²) in [7, 11) is -3.49. The first-order chi connectivity index (χ1) is 21.1. The van der Waals surface area contributed by atoms with Gasteiger partial charge in [0.2, 0.25) is 0 Å². The van der Waals surface area contributed by atoms with Crippen molar-refractivity contribution < 1.29 is 18.0 Å². The second-order valence-electron chi connectivity index (χ2n) is 10.5. The molecule has 0 aliphatic rings. The molecule has 0 saturated heterocycles. The van der Waals surface area contributed by atoms with Crippen LogP contribution in [-0.2, 0) is 15.6 Å². The molecule has 1 atom stereocenters. The van der Waals surface area contributed by atoms with E-state index in [1.165, 1.54) is 25.1 Å². The van der Waals surface area contributed by atoms with E-state index in [0.29, 0.717) is 33.4 Å². The molecule has 6 aromatic rings. The number of hydrogen-bond acceptors (Lipinski definition) is 8. The number of nitrogens with two attached hydrogens (primary N) is 1. The molecule has 10 nitrogen and oxygen atoms in total. The summed E-state index contributed by atoms with van der Waals surface area (Å²) in [6, 6.07) is 19.3. The predicted octanol–water partition coefficient (Wildman–Crippen LogP) is 6.42. The number of nitrogen functional groups attached to an aromatic ring is 1. The van der Waals surface area contributed by atoms with Gasteiger partial charge in [-0.2, -0.15) is 5.10 Å². The van der Waals surface area contributed by atoms with Crippen molar-refractivity contribution in [2.24, 2.45) is 0 Å². The predicted molar refractivity (Wildman–Crippen MR) is 169 cm³/mol. The molecule has 1 unspecified atom stereocenters. The fourth-order valence-corrected chi connectivity index (χ4v) is 6.49. The van der Waals surface area contributed by atoms with Gasteiger partial charge in [0.05, 0.1) is 29.6 Å². The van der Waals surface area contributed by atoms with Crippen molar-refractivity contribution in [3.8, 4) is 22.7 Å². The number of para-hydroxylation sites is 1. The number of anilines is 1. The molecule has 0 bridgehead atoms. The summed E-state index contributed by atoms with van der Waals surface area (Å²) in [5, 5.41) is 6.64. The Bertz CT molecular complexity index is 2180. The molecule has 12 heteroatoms. The van der Waals surface area contributed by atoms with Crippen molar-refractivity contribution in [1.29, 1.82) is 0 Å². The third kappa shape index (κ3) is 5.36. The fourth-order valence-electron chi connectivity index (χ4n) is 5.48. The van der Waals surface area contributed by atoms with Crippen molar-refractivity contribution in [3.63, 3.8) is 0 Å². The van der Waals surface area contributed by atoms with Crippen LogP contribution in [0.4, 0.5) is 10.2 Å². The largest absolute Gasteiger partial charge is 0.424 e. The van der Waals surface area contributed by atoms with Crippen molar-refractivity contribution in [2.75, 3.05) is 19.0 Å². The Morgan fingerprint density at radius 3 is 2.52 bits per heavy atom. The highest BCUT2D eigenvalue weighted by Gasteiger charge is 2.23. The summed E-state index contributed by atoms with van der Waals surface area (Å²) < 4.78 is 41.6. The van der Waals surface area contributed by atoms with Crippen LogP contribution in [0, 0.1) is 19.7 Å². The fraction of sp³-hybridized carbons (Fsp3) is 0.188. The molecule has 0 fully saturated rings. The molecule has 0 aliphatic carbocycles. The molecule has 224 valence electrons. The van der Waals surface area contributed by atoms with Crippen LogP contribution in [0.2, 0.25) is 0 Å². The summed E-state index contributed by atoms with van der Waals surface area (Å²) >= 11 is 0. The minimum Gasteiger partial charge on any atom is -0.424 e. The monoisotopic (exact) mass is 612 g/mol. The molecule has 0 aliphatic heterocycles. The van der Waals surface area contributed by atoms with E-state index in [0.717, 1.165) is 28.3 Å². The van der Waals surface area contributed by atoms with Gasteiger partial charge in [-0.1, -0.05) is 36.4 Å². The van der Waals surface area contributed by atoms with Crippen LogP contribution in [-0.4, -0.2) is 37.6 Å². The minimum atomic E-state index is -3.49. The second-order valence-corrected chi connectivity index (χ2v) is 12.5. The van der Waals surface area contributed by atoms with Gasteiger partial charge in [0, 0.05) is 24.0 Å². The van der Waals surface area contributed by atoms with Crippen LogP contribution in [0.1, 0.15) is 23.7 Å². The summed E-state index contributed by atoms with van der Waals surface area (Å²) in [6.07, 6.45) is 1.33. The maximum atomic E-state index is 14.9. The number of benzene rings is 3. The molecule has 0 spiro atoms. The highest BCUT2D eigenvalue weighted by Crippen LogP contribution is 2.45. The molecule has 6 rings (SSSR count). The lowest BCUT2D eigenvalue weighted by Crippen LogP contribution is -2.25. The van der Waals surface area contributed by atoms with Gasteiger partial charge >= 0.3 is 7.60 Å². The van der Waals surface area contributed by atoms with Gasteiger partial charge in [-0.3, -0.25) is 9.36 Å². The summed E-state index contributed by atoms with van der Waals surface area (Å²) in [6.45, 7) is 7.17. The Morgan fingerprint density at radius 2 is 1.75 bits per heavy atom. The Morgan fingerprint density at radius 1 is 0.977 bits per heavy atom. The lowest BCUT2D eigenvalue weighted by atomic mass is 10.1. The molecular weight excluding hydrogens is 582 g/mol. The van der Waals surface area contributed by atoms with Gasteiger partial charge < -0.3 is 14.8 Å². The smallest absolute Gasteiger partial charge is 0.376 e. The Hall–Kier alpha value is -4.86. The van der Waals surface area contributed by atoms with Crippen molar-refractivity contribution in [3.05, 3.63) is 106 Å². The van der Waals surface area contributed by atoms with Gasteiger partial charge in [0.1, 0.15) is 29.4 Å². The molecule has 0 amide bonds. The van der Waals surface area contributed by atoms with Gasteiger partial charge in [0.15, 0.2) is 5.65 Å². The van der Waals surface area contributed by atoms with E-state index in [-0.39, 0.29) is 30.3 Å². The van der Waals surface area contributed by atoms with Crippen molar-refractivity contribution in [2.45, 2.75) is 27.3 Å². The van der Waals surface area contributed by atoms with E-state index >= 15 is 0 Å². The first-order valence-electron chi connectivity index (χ1n) is 14.0. The van der Waals surface area contributed by atoms with Crippen LogP contribution >= 0.6 is 7.60 Å². The normalized spacial score (nSPS) is 12.9. The standard InChI is InChI=1S/C32H30FN6O4P/c1-5-42-44(4,41)43-25-15-22(13-23(33)16-25)29-28-30(34)35-18-36-31(28)38(37-29)17-24-14-21-11-8-10-20(3)27(21)32(40)39(24)26-12-7-6-9-19(26)2/h6-16,18H,5,17H2,1-4H3,(H2,34,35,36).